The van der Waals surface area contributed by atoms with Crippen LogP contribution in [0.4, 0.5) is 0 Å². The van der Waals surface area contributed by atoms with Crippen molar-refractivity contribution in [1.82, 2.24) is 5.32 Å². The molecule has 0 heterocycles. The minimum atomic E-state index is -1.10. The lowest BCUT2D eigenvalue weighted by Gasteiger charge is -2.07. The average molecular weight is 255 g/mol. The maximum Gasteiger partial charge on any atom is 0.352 e. The number of carboxylic acids is 1. The number of rotatable bonds is 7. The van der Waals surface area contributed by atoms with Gasteiger partial charge in [-0.15, -0.1) is 0 Å². The van der Waals surface area contributed by atoms with Gasteiger partial charge in [0, 0.05) is 19.6 Å². The Hall–Kier alpha value is -1.36. The lowest BCUT2D eigenvalue weighted by atomic mass is 10.1. The fourth-order valence-electron chi connectivity index (χ4n) is 1.80. The van der Waals surface area contributed by atoms with E-state index in [-0.39, 0.29) is 22.9 Å². The van der Waals surface area contributed by atoms with Crippen molar-refractivity contribution in [2.45, 2.75) is 33.1 Å². The lowest BCUT2D eigenvalue weighted by molar-refractivity contribution is -0.135. The predicted molar refractivity (Wildman–Crippen MR) is 66.9 cm³/mol. The monoisotopic (exact) mass is 255 g/mol. The second-order valence-corrected chi connectivity index (χ2v) is 5.29. The molecular weight excluding hydrogens is 234 g/mol. The van der Waals surface area contributed by atoms with E-state index < -0.39 is 5.97 Å². The molecule has 0 spiro atoms. The van der Waals surface area contributed by atoms with Crippen LogP contribution in [0.1, 0.15) is 33.1 Å². The number of carbonyl (C=O) groups is 2. The number of nitrogens with one attached hydrogen (secondary N) is 1. The largest absolute Gasteiger partial charge is 0.477 e. The maximum atomic E-state index is 11.8. The molecule has 1 amide bonds. The van der Waals surface area contributed by atoms with Crippen molar-refractivity contribution < 1.29 is 19.4 Å². The molecule has 1 saturated carbocycles. The number of aliphatic carboxylic acids is 1. The van der Waals surface area contributed by atoms with Crippen LogP contribution in [0, 0.1) is 11.3 Å². The summed E-state index contributed by atoms with van der Waals surface area (Å²) in [5.74, 6) is -1.36. The number of amides is 1. The Balaban J connectivity index is 2.48. The molecule has 1 rings (SSSR count). The molecule has 1 fully saturated rings. The van der Waals surface area contributed by atoms with E-state index >= 15 is 0 Å². The minimum absolute atomic E-state index is 0.00372. The molecule has 5 heteroatoms. The molecule has 2 N–H and O–H groups in total. The molecule has 0 aromatic rings. The number of hydrogen-bond donors (Lipinski definition) is 2. The van der Waals surface area contributed by atoms with Gasteiger partial charge in [0.25, 0.3) is 0 Å². The van der Waals surface area contributed by atoms with Crippen LogP contribution >= 0.6 is 0 Å². The van der Waals surface area contributed by atoms with Crippen molar-refractivity contribution in [3.63, 3.8) is 0 Å². The van der Waals surface area contributed by atoms with Crippen LogP contribution in [-0.4, -0.2) is 30.7 Å². The first-order chi connectivity index (χ1) is 8.38. The van der Waals surface area contributed by atoms with E-state index in [1.54, 1.807) is 7.11 Å². The third kappa shape index (κ3) is 4.14. The first kappa shape index (κ1) is 14.7. The Morgan fingerprint density at radius 1 is 1.50 bits per heavy atom. The topological polar surface area (TPSA) is 75.6 Å². The Kier molecular flexibility index (Phi) is 4.90. The molecule has 1 unspecified atom stereocenters. The first-order valence-electron chi connectivity index (χ1n) is 6.11. The smallest absolute Gasteiger partial charge is 0.352 e. The highest BCUT2D eigenvalue weighted by Crippen LogP contribution is 2.51. The molecule has 102 valence electrons. The molecule has 0 radical (unpaired) electrons. The number of unbranched alkanes of at least 4 members (excludes halogenated alkanes) is 1. The second kappa shape index (κ2) is 6.00. The lowest BCUT2D eigenvalue weighted by Crippen LogP contribution is -2.29. The van der Waals surface area contributed by atoms with E-state index in [4.69, 9.17) is 9.84 Å². The highest BCUT2D eigenvalue weighted by molar-refractivity contribution is 5.94. The van der Waals surface area contributed by atoms with Gasteiger partial charge >= 0.3 is 5.97 Å². The summed E-state index contributed by atoms with van der Waals surface area (Å²) in [4.78, 5) is 22.8. The summed E-state index contributed by atoms with van der Waals surface area (Å²) in [7, 11) is 1.60. The average Bonchev–Trinajstić information content (AvgIpc) is 2.92. The number of ether oxygens (including phenoxy) is 1. The van der Waals surface area contributed by atoms with Crippen molar-refractivity contribution in [2.75, 3.05) is 13.7 Å². The van der Waals surface area contributed by atoms with Gasteiger partial charge in [0.05, 0.1) is 0 Å². The van der Waals surface area contributed by atoms with Gasteiger partial charge in [-0.3, -0.25) is 4.79 Å². The summed E-state index contributed by atoms with van der Waals surface area (Å²) in [6.45, 7) is 4.58. The van der Waals surface area contributed by atoms with Gasteiger partial charge in [-0.1, -0.05) is 19.9 Å². The Morgan fingerprint density at radius 2 is 2.11 bits per heavy atom. The third-order valence-corrected chi connectivity index (χ3v) is 3.22. The standard InChI is InChI=1S/C13H21NO4/c1-13(2)8-9(13)11(15)14-10(12(16)17)6-4-5-7-18-3/h6,9H,4-5,7-8H2,1-3H3,(H,14,15)(H,16,17)/b10-6+. The number of carboxylic acid groups (broad SMARTS) is 1. The zero-order valence-corrected chi connectivity index (χ0v) is 11.2. The molecular formula is C13H21NO4. The van der Waals surface area contributed by atoms with E-state index in [9.17, 15) is 9.59 Å². The van der Waals surface area contributed by atoms with Crippen molar-refractivity contribution in [3.05, 3.63) is 11.8 Å². The Bertz CT molecular complexity index is 360. The zero-order chi connectivity index (χ0) is 13.8. The number of hydrogen-bond acceptors (Lipinski definition) is 3. The third-order valence-electron chi connectivity index (χ3n) is 3.22. The van der Waals surface area contributed by atoms with Gasteiger partial charge in [-0.25, -0.2) is 4.79 Å². The summed E-state index contributed by atoms with van der Waals surface area (Å²) in [5, 5.41) is 11.5. The van der Waals surface area contributed by atoms with Crippen molar-refractivity contribution >= 4 is 11.9 Å². The summed E-state index contributed by atoms with van der Waals surface area (Å²) in [6, 6.07) is 0. The first-order valence-corrected chi connectivity index (χ1v) is 6.11. The summed E-state index contributed by atoms with van der Waals surface area (Å²) < 4.78 is 4.88. The van der Waals surface area contributed by atoms with E-state index in [1.165, 1.54) is 6.08 Å². The van der Waals surface area contributed by atoms with Gasteiger partial charge in [0.1, 0.15) is 5.70 Å². The van der Waals surface area contributed by atoms with E-state index in [0.29, 0.717) is 13.0 Å². The number of methoxy groups -OCH3 is 1. The Morgan fingerprint density at radius 3 is 2.56 bits per heavy atom. The molecule has 1 aliphatic rings. The predicted octanol–water partition coefficient (Wildman–Crippen LogP) is 1.54. The van der Waals surface area contributed by atoms with Crippen LogP contribution in [-0.2, 0) is 14.3 Å². The van der Waals surface area contributed by atoms with Gasteiger partial charge < -0.3 is 15.2 Å². The number of carbonyl (C=O) groups excluding carboxylic acids is 1. The zero-order valence-electron chi connectivity index (χ0n) is 11.2. The van der Waals surface area contributed by atoms with Crippen molar-refractivity contribution in [1.29, 1.82) is 0 Å². The second-order valence-electron chi connectivity index (χ2n) is 5.29. The van der Waals surface area contributed by atoms with Crippen LogP contribution < -0.4 is 5.32 Å². The summed E-state index contributed by atoms with van der Waals surface area (Å²) in [6.07, 6.45) is 3.66. The molecule has 0 aromatic heterocycles. The molecule has 0 bridgehead atoms. The van der Waals surface area contributed by atoms with E-state index in [0.717, 1.165) is 12.8 Å². The van der Waals surface area contributed by atoms with Crippen LogP contribution in [0.15, 0.2) is 11.8 Å². The fraction of sp³-hybridized carbons (Fsp3) is 0.692. The molecule has 0 aliphatic heterocycles. The molecule has 0 aromatic carbocycles. The summed E-state index contributed by atoms with van der Waals surface area (Å²) in [5.41, 5.74) is -0.0252. The van der Waals surface area contributed by atoms with E-state index in [1.807, 2.05) is 13.8 Å². The van der Waals surface area contributed by atoms with E-state index in [2.05, 4.69) is 5.32 Å². The summed E-state index contributed by atoms with van der Waals surface area (Å²) >= 11 is 0. The van der Waals surface area contributed by atoms with Crippen molar-refractivity contribution in [2.24, 2.45) is 11.3 Å². The van der Waals surface area contributed by atoms with Crippen LogP contribution in [0.25, 0.3) is 0 Å². The maximum absolute atomic E-state index is 11.8. The molecule has 1 atom stereocenters. The Labute approximate surface area is 107 Å². The van der Waals surface area contributed by atoms with Crippen LogP contribution in [0.2, 0.25) is 0 Å². The highest BCUT2D eigenvalue weighted by Gasteiger charge is 2.50. The van der Waals surface area contributed by atoms with Crippen LogP contribution in [0.5, 0.6) is 0 Å². The molecule has 5 nitrogen and oxygen atoms in total. The van der Waals surface area contributed by atoms with Gasteiger partial charge in [0.2, 0.25) is 5.91 Å². The normalized spacial score (nSPS) is 21.5. The molecule has 0 saturated heterocycles. The molecule has 1 aliphatic carbocycles. The van der Waals surface area contributed by atoms with Gasteiger partial charge in [-0.05, 0) is 24.7 Å². The minimum Gasteiger partial charge on any atom is -0.477 e. The quantitative estimate of drug-likeness (QED) is 0.534. The fourth-order valence-corrected chi connectivity index (χ4v) is 1.80. The van der Waals surface area contributed by atoms with Crippen molar-refractivity contribution in [3.8, 4) is 0 Å². The SMILES string of the molecule is COCCC/C=C(/NC(=O)C1CC1(C)C)C(=O)O. The van der Waals surface area contributed by atoms with Gasteiger partial charge in [-0.2, -0.15) is 0 Å². The van der Waals surface area contributed by atoms with Gasteiger partial charge in [0.15, 0.2) is 0 Å². The highest BCUT2D eigenvalue weighted by atomic mass is 16.5. The number of allylic oxidation sites excluding steroid dienone is 1. The molecule has 18 heavy (non-hydrogen) atoms. The van der Waals surface area contributed by atoms with Crippen LogP contribution in [0.3, 0.4) is 0 Å².